The summed E-state index contributed by atoms with van der Waals surface area (Å²) in [6.07, 6.45) is 3.30. The first-order valence-electron chi connectivity index (χ1n) is 5.22. The number of carbonyl (C=O) groups is 1. The Morgan fingerprint density at radius 1 is 1.31 bits per heavy atom. The van der Waals surface area contributed by atoms with Gasteiger partial charge in [-0.1, -0.05) is 0 Å². The van der Waals surface area contributed by atoms with Gasteiger partial charge in [0.1, 0.15) is 0 Å². The van der Waals surface area contributed by atoms with Gasteiger partial charge in [0, 0.05) is 20.0 Å². The second-order valence-corrected chi connectivity index (χ2v) is 4.33. The van der Waals surface area contributed by atoms with Crippen molar-refractivity contribution in [3.63, 3.8) is 0 Å². The molecular weight excluding hydrogens is 164 g/mol. The molecule has 2 fully saturated rings. The quantitative estimate of drug-likeness (QED) is 0.639. The van der Waals surface area contributed by atoms with Crippen LogP contribution in [-0.4, -0.2) is 37.5 Å². The van der Waals surface area contributed by atoms with Gasteiger partial charge < -0.3 is 10.2 Å². The lowest BCUT2D eigenvalue weighted by atomic mass is 9.84. The van der Waals surface area contributed by atoms with Gasteiger partial charge in [0.05, 0.1) is 0 Å². The maximum Gasteiger partial charge on any atom is 0.222 e. The third-order valence-corrected chi connectivity index (χ3v) is 3.42. The van der Waals surface area contributed by atoms with E-state index >= 15 is 0 Å². The molecule has 2 heterocycles. The lowest BCUT2D eigenvalue weighted by molar-refractivity contribution is -0.126. The fraction of sp³-hybridized carbons (Fsp3) is 0.900. The minimum atomic E-state index is 0.337. The number of rotatable bonds is 1. The average molecular weight is 182 g/mol. The second-order valence-electron chi connectivity index (χ2n) is 4.33. The zero-order valence-electron chi connectivity index (χ0n) is 8.25. The molecule has 0 radical (unpaired) electrons. The molecule has 1 atom stereocenters. The van der Waals surface area contributed by atoms with Crippen molar-refractivity contribution >= 4 is 5.91 Å². The van der Waals surface area contributed by atoms with E-state index in [1.807, 2.05) is 11.9 Å². The van der Waals surface area contributed by atoms with E-state index in [0.29, 0.717) is 11.8 Å². The molecule has 3 nitrogen and oxygen atoms in total. The number of hydrogen-bond acceptors (Lipinski definition) is 2. The summed E-state index contributed by atoms with van der Waals surface area (Å²) in [7, 11) is 1.92. The number of hydrogen-bond donors (Lipinski definition) is 1. The second kappa shape index (κ2) is 3.66. The number of nitrogens with zero attached hydrogens (tertiary/aromatic N) is 1. The summed E-state index contributed by atoms with van der Waals surface area (Å²) < 4.78 is 0. The molecule has 0 saturated carbocycles. The highest BCUT2D eigenvalue weighted by Gasteiger charge is 2.33. The SMILES string of the molecule is CN1C[C@H](C2CCNCC2)CC1=O. The molecule has 74 valence electrons. The standard InChI is InChI=1S/C10H18N2O/c1-12-7-9(6-10(12)13)8-2-4-11-5-3-8/h8-9,11H,2-7H2,1H3/t9-/m1/s1. The molecule has 0 spiro atoms. The molecule has 0 aliphatic carbocycles. The van der Waals surface area contributed by atoms with Gasteiger partial charge in [-0.25, -0.2) is 0 Å². The fourth-order valence-electron chi connectivity index (χ4n) is 2.53. The van der Waals surface area contributed by atoms with Gasteiger partial charge in [-0.05, 0) is 37.8 Å². The topological polar surface area (TPSA) is 32.3 Å². The Morgan fingerprint density at radius 3 is 2.54 bits per heavy atom. The number of piperidine rings is 1. The van der Waals surface area contributed by atoms with Crippen LogP contribution in [0.1, 0.15) is 19.3 Å². The first-order chi connectivity index (χ1) is 6.27. The molecule has 0 aromatic heterocycles. The molecule has 0 unspecified atom stereocenters. The van der Waals surface area contributed by atoms with Gasteiger partial charge in [0.15, 0.2) is 0 Å². The van der Waals surface area contributed by atoms with E-state index < -0.39 is 0 Å². The van der Waals surface area contributed by atoms with Crippen molar-refractivity contribution in [1.82, 2.24) is 10.2 Å². The van der Waals surface area contributed by atoms with Gasteiger partial charge in [-0.3, -0.25) is 4.79 Å². The molecule has 2 aliphatic heterocycles. The van der Waals surface area contributed by atoms with E-state index in [1.165, 1.54) is 12.8 Å². The van der Waals surface area contributed by atoms with E-state index in [9.17, 15) is 4.79 Å². The van der Waals surface area contributed by atoms with Crippen LogP contribution in [0, 0.1) is 11.8 Å². The van der Waals surface area contributed by atoms with Crippen molar-refractivity contribution in [3.8, 4) is 0 Å². The third-order valence-electron chi connectivity index (χ3n) is 3.42. The Labute approximate surface area is 79.5 Å². The van der Waals surface area contributed by atoms with Crippen molar-refractivity contribution in [2.45, 2.75) is 19.3 Å². The fourth-order valence-corrected chi connectivity index (χ4v) is 2.53. The molecule has 1 amide bonds. The first kappa shape index (κ1) is 9.00. The number of carbonyl (C=O) groups excluding carboxylic acids is 1. The van der Waals surface area contributed by atoms with E-state index in [0.717, 1.165) is 32.0 Å². The van der Waals surface area contributed by atoms with E-state index in [2.05, 4.69) is 5.32 Å². The Balaban J connectivity index is 1.90. The van der Waals surface area contributed by atoms with Crippen molar-refractivity contribution in [1.29, 1.82) is 0 Å². The average Bonchev–Trinajstić information content (AvgIpc) is 2.49. The number of likely N-dealkylation sites (tertiary alicyclic amines) is 1. The van der Waals surface area contributed by atoms with Crippen LogP contribution in [0.3, 0.4) is 0 Å². The summed E-state index contributed by atoms with van der Waals surface area (Å²) in [6, 6.07) is 0. The van der Waals surface area contributed by atoms with Gasteiger partial charge in [0.25, 0.3) is 0 Å². The third kappa shape index (κ3) is 1.85. The lowest BCUT2D eigenvalue weighted by Gasteiger charge is -2.27. The van der Waals surface area contributed by atoms with Crippen LogP contribution >= 0.6 is 0 Å². The number of nitrogens with one attached hydrogen (secondary N) is 1. The first-order valence-corrected chi connectivity index (χ1v) is 5.22. The minimum absolute atomic E-state index is 0.337. The zero-order chi connectivity index (χ0) is 9.26. The van der Waals surface area contributed by atoms with Crippen molar-refractivity contribution in [3.05, 3.63) is 0 Å². The van der Waals surface area contributed by atoms with Crippen molar-refractivity contribution < 1.29 is 4.79 Å². The van der Waals surface area contributed by atoms with Gasteiger partial charge in [-0.2, -0.15) is 0 Å². The summed E-state index contributed by atoms with van der Waals surface area (Å²) in [4.78, 5) is 13.2. The molecule has 0 aromatic carbocycles. The Bertz CT molecular complexity index is 199. The Morgan fingerprint density at radius 2 is 2.00 bits per heavy atom. The smallest absolute Gasteiger partial charge is 0.222 e. The van der Waals surface area contributed by atoms with E-state index in [4.69, 9.17) is 0 Å². The minimum Gasteiger partial charge on any atom is -0.345 e. The van der Waals surface area contributed by atoms with Crippen LogP contribution in [0.5, 0.6) is 0 Å². The Kier molecular flexibility index (Phi) is 2.54. The highest BCUT2D eigenvalue weighted by Crippen LogP contribution is 2.29. The predicted molar refractivity (Wildman–Crippen MR) is 51.3 cm³/mol. The zero-order valence-corrected chi connectivity index (χ0v) is 8.25. The summed E-state index contributed by atoms with van der Waals surface area (Å²) >= 11 is 0. The summed E-state index contributed by atoms with van der Waals surface area (Å²) in [5.74, 6) is 1.76. The lowest BCUT2D eigenvalue weighted by Crippen LogP contribution is -2.32. The molecule has 0 aromatic rings. The van der Waals surface area contributed by atoms with Crippen molar-refractivity contribution in [2.75, 3.05) is 26.7 Å². The number of amides is 1. The highest BCUT2D eigenvalue weighted by atomic mass is 16.2. The molecule has 2 saturated heterocycles. The van der Waals surface area contributed by atoms with Crippen LogP contribution < -0.4 is 5.32 Å². The molecule has 3 heteroatoms. The molecule has 2 aliphatic rings. The Hall–Kier alpha value is -0.570. The summed E-state index contributed by atoms with van der Waals surface area (Å²) in [6.45, 7) is 3.27. The van der Waals surface area contributed by atoms with Crippen LogP contribution in [0.15, 0.2) is 0 Å². The van der Waals surface area contributed by atoms with Crippen LogP contribution in [-0.2, 0) is 4.79 Å². The maximum atomic E-state index is 11.3. The summed E-state index contributed by atoms with van der Waals surface area (Å²) in [5, 5.41) is 3.36. The highest BCUT2D eigenvalue weighted by molar-refractivity contribution is 5.78. The predicted octanol–water partition coefficient (Wildman–Crippen LogP) is 0.464. The van der Waals surface area contributed by atoms with E-state index in [1.54, 1.807) is 0 Å². The van der Waals surface area contributed by atoms with Crippen LogP contribution in [0.25, 0.3) is 0 Å². The van der Waals surface area contributed by atoms with Crippen LogP contribution in [0.2, 0.25) is 0 Å². The van der Waals surface area contributed by atoms with Gasteiger partial charge in [0.2, 0.25) is 5.91 Å². The summed E-state index contributed by atoms with van der Waals surface area (Å²) in [5.41, 5.74) is 0. The van der Waals surface area contributed by atoms with Gasteiger partial charge >= 0.3 is 0 Å². The molecule has 1 N–H and O–H groups in total. The van der Waals surface area contributed by atoms with Crippen molar-refractivity contribution in [2.24, 2.45) is 11.8 Å². The molecular formula is C10H18N2O. The van der Waals surface area contributed by atoms with Gasteiger partial charge in [-0.15, -0.1) is 0 Å². The molecule has 2 rings (SSSR count). The largest absolute Gasteiger partial charge is 0.345 e. The maximum absolute atomic E-state index is 11.3. The van der Waals surface area contributed by atoms with Crippen LogP contribution in [0.4, 0.5) is 0 Å². The normalized spacial score (nSPS) is 31.3. The van der Waals surface area contributed by atoms with E-state index in [-0.39, 0.29) is 0 Å². The molecule has 13 heavy (non-hydrogen) atoms. The molecule has 0 bridgehead atoms. The monoisotopic (exact) mass is 182 g/mol.